The SMILES string of the molecule is CC(C)(C)CN1CCN(C2CC(c3nc(-c4ccc5ccc(-c6ccccc6)nc5c4)c4c(N)nccn34)C2)CC1.Nc1nccn2c(C3CC(N4CCN(Cc5cnc[nH]5)CC4)C3)nc(-c3ccc4ccc(-c5ccccc5)nc4c3)c12. The number of piperazine rings is 2. The second-order valence-electron chi connectivity index (χ2n) is 24.5. The molecule has 15 rings (SSSR count). The number of pyridine rings is 2. The Morgan fingerprint density at radius 2 is 0.976 bits per heavy atom. The second-order valence-corrected chi connectivity index (χ2v) is 24.5. The van der Waals surface area contributed by atoms with E-state index < -0.39 is 0 Å². The summed E-state index contributed by atoms with van der Waals surface area (Å²) in [7, 11) is 0. The van der Waals surface area contributed by atoms with Gasteiger partial charge in [0.15, 0.2) is 0 Å². The molecule has 83 heavy (non-hydrogen) atoms. The topological polar surface area (TPSA) is 180 Å². The molecule has 7 aromatic heterocycles. The van der Waals surface area contributed by atoms with Crippen LogP contribution in [0.25, 0.3) is 77.9 Å². The number of aromatic amines is 1. The highest BCUT2D eigenvalue weighted by atomic mass is 15.3. The van der Waals surface area contributed by atoms with Gasteiger partial charge in [0.05, 0.1) is 28.7 Å². The predicted molar refractivity (Wildman–Crippen MR) is 332 cm³/mol. The van der Waals surface area contributed by atoms with Crippen molar-refractivity contribution in [3.05, 3.63) is 176 Å². The number of nitrogens with zero attached hydrogens (tertiary/aromatic N) is 13. The highest BCUT2D eigenvalue weighted by molar-refractivity contribution is 5.93. The number of fused-ring (bicyclic) bond motifs is 4. The van der Waals surface area contributed by atoms with Crippen molar-refractivity contribution in [2.75, 3.05) is 70.4 Å². The van der Waals surface area contributed by atoms with Crippen molar-refractivity contribution in [3.8, 4) is 45.0 Å². The molecule has 0 bridgehead atoms. The largest absolute Gasteiger partial charge is 0.382 e. The van der Waals surface area contributed by atoms with Gasteiger partial charge in [-0.25, -0.2) is 34.9 Å². The molecule has 4 aliphatic rings. The number of H-pyrrole nitrogens is 1. The number of nitrogens with one attached hydrogen (secondary N) is 1. The average Bonchev–Trinajstić information content (AvgIpc) is 2.67. The molecule has 16 nitrogen and oxygen atoms in total. The number of hydrogen-bond acceptors (Lipinski definition) is 13. The third kappa shape index (κ3) is 10.7. The molecule has 0 amide bonds. The number of imidazole rings is 3. The van der Waals surface area contributed by atoms with E-state index in [0.717, 1.165) is 161 Å². The van der Waals surface area contributed by atoms with Gasteiger partial charge < -0.3 is 21.4 Å². The molecule has 2 saturated carbocycles. The van der Waals surface area contributed by atoms with Crippen LogP contribution in [0.2, 0.25) is 0 Å². The Morgan fingerprint density at radius 1 is 0.518 bits per heavy atom. The molecule has 5 N–H and O–H groups in total. The van der Waals surface area contributed by atoms with E-state index >= 15 is 0 Å². The van der Waals surface area contributed by atoms with E-state index in [2.05, 4.69) is 154 Å². The van der Waals surface area contributed by atoms with Crippen LogP contribution in [0, 0.1) is 5.41 Å². The third-order valence-corrected chi connectivity index (χ3v) is 17.7. The Balaban J connectivity index is 0.000000148. The van der Waals surface area contributed by atoms with Gasteiger partial charge in [-0.05, 0) is 55.4 Å². The Labute approximate surface area is 484 Å². The molecule has 0 unspecified atom stereocenters. The van der Waals surface area contributed by atoms with Gasteiger partial charge in [0.1, 0.15) is 45.7 Å². The fourth-order valence-corrected chi connectivity index (χ4v) is 13.3. The highest BCUT2D eigenvalue weighted by Crippen LogP contribution is 2.44. The Bertz CT molecular complexity index is 4060. The summed E-state index contributed by atoms with van der Waals surface area (Å²) in [5, 5.41) is 2.20. The third-order valence-electron chi connectivity index (χ3n) is 17.7. The van der Waals surface area contributed by atoms with Gasteiger partial charge in [-0.2, -0.15) is 0 Å². The van der Waals surface area contributed by atoms with Crippen molar-refractivity contribution < 1.29 is 0 Å². The maximum absolute atomic E-state index is 6.48. The van der Waals surface area contributed by atoms with E-state index in [-0.39, 0.29) is 0 Å². The standard InChI is InChI=1S/C34H39N7.C33H33N9/c1-34(2,3)22-39-15-17-40(18-16-39)27-19-26(20-27)33-38-30(31-32(35)36-13-14-41(31)33)25-10-9-24-11-12-28(37-29(24)21-25)23-7-5-4-6-8-23;34-32-31-30(24-7-6-23-8-9-28(38-29(23)18-24)22-4-2-1-3-5-22)39-33(42(31)11-10-36-32)25-16-27(17-25)41-14-12-40(13-15-41)20-26-19-35-21-37-26/h4-14,21,26-27H,15-20,22H2,1-3H3,(H2,35,36);1-11,18-19,21,25,27H,12-17,20H2,(H2,34,36)(H,35,37). The zero-order chi connectivity index (χ0) is 56.2. The molecule has 2 aliphatic heterocycles. The molecule has 0 radical (unpaired) electrons. The number of anilines is 2. The monoisotopic (exact) mass is 1100 g/mol. The van der Waals surface area contributed by atoms with Crippen LogP contribution in [0.4, 0.5) is 11.6 Å². The molecule has 0 atom stereocenters. The van der Waals surface area contributed by atoms with Crippen LogP contribution in [-0.4, -0.2) is 139 Å². The number of hydrogen-bond donors (Lipinski definition) is 3. The lowest BCUT2D eigenvalue weighted by atomic mass is 9.78. The number of nitrogens with two attached hydrogens (primary N) is 2. The first kappa shape index (κ1) is 52.7. The lowest BCUT2D eigenvalue weighted by molar-refractivity contribution is 0.0386. The summed E-state index contributed by atoms with van der Waals surface area (Å²) in [5.74, 6) is 4.00. The fraction of sp³-hybridized carbons (Fsp3) is 0.328. The first-order chi connectivity index (χ1) is 40.5. The van der Waals surface area contributed by atoms with Crippen LogP contribution >= 0.6 is 0 Å². The van der Waals surface area contributed by atoms with Gasteiger partial charge in [-0.15, -0.1) is 0 Å². The highest BCUT2D eigenvalue weighted by Gasteiger charge is 2.40. The van der Waals surface area contributed by atoms with Crippen molar-refractivity contribution in [3.63, 3.8) is 0 Å². The van der Waals surface area contributed by atoms with E-state index in [9.17, 15) is 0 Å². The minimum Gasteiger partial charge on any atom is -0.382 e. The van der Waals surface area contributed by atoms with Crippen molar-refractivity contribution in [2.24, 2.45) is 5.41 Å². The summed E-state index contributed by atoms with van der Waals surface area (Å²) in [6, 6.07) is 43.0. The van der Waals surface area contributed by atoms with Gasteiger partial charge >= 0.3 is 0 Å². The van der Waals surface area contributed by atoms with E-state index in [0.29, 0.717) is 41.0 Å². The van der Waals surface area contributed by atoms with Crippen LogP contribution < -0.4 is 11.5 Å². The molecule has 4 fully saturated rings. The number of nitrogen functional groups attached to an aromatic ring is 2. The number of rotatable bonds is 11. The van der Waals surface area contributed by atoms with Crippen LogP contribution in [0.3, 0.4) is 0 Å². The van der Waals surface area contributed by atoms with Crippen LogP contribution in [-0.2, 0) is 6.54 Å². The zero-order valence-electron chi connectivity index (χ0n) is 47.7. The molecule has 9 heterocycles. The lowest BCUT2D eigenvalue weighted by Crippen LogP contribution is -2.54. The zero-order valence-corrected chi connectivity index (χ0v) is 47.7. The normalized spacial score (nSPS) is 20.1. The first-order valence-corrected chi connectivity index (χ1v) is 29.6. The molecule has 16 heteroatoms. The molecule has 11 aromatic rings. The molecule has 2 saturated heterocycles. The van der Waals surface area contributed by atoms with Crippen LogP contribution in [0.15, 0.2) is 159 Å². The van der Waals surface area contributed by atoms with Crippen molar-refractivity contribution >= 4 is 44.5 Å². The maximum Gasteiger partial charge on any atom is 0.150 e. The Kier molecular flexibility index (Phi) is 14.0. The quantitative estimate of drug-likeness (QED) is 0.111. The minimum atomic E-state index is 0.352. The van der Waals surface area contributed by atoms with Gasteiger partial charge in [0, 0.05) is 159 Å². The molecular formula is C67H72N16. The molecular weight excluding hydrogens is 1030 g/mol. The summed E-state index contributed by atoms with van der Waals surface area (Å²) >= 11 is 0. The molecule has 4 aromatic carbocycles. The molecule has 420 valence electrons. The summed E-state index contributed by atoms with van der Waals surface area (Å²) in [4.78, 5) is 47.2. The van der Waals surface area contributed by atoms with Crippen LogP contribution in [0.5, 0.6) is 0 Å². The Morgan fingerprint density at radius 3 is 1.42 bits per heavy atom. The predicted octanol–water partition coefficient (Wildman–Crippen LogP) is 11.1. The van der Waals surface area contributed by atoms with Crippen molar-refractivity contribution in [2.45, 2.75) is 76.9 Å². The lowest BCUT2D eigenvalue weighted by Gasteiger charge is -2.46. The first-order valence-electron chi connectivity index (χ1n) is 29.6. The van der Waals surface area contributed by atoms with Crippen molar-refractivity contribution in [1.82, 2.24) is 68.3 Å². The maximum atomic E-state index is 6.48. The Hall–Kier alpha value is -8.41. The number of benzene rings is 4. The number of aromatic nitrogens is 10. The van der Waals surface area contributed by atoms with E-state index in [1.165, 1.54) is 25.3 Å². The van der Waals surface area contributed by atoms with Gasteiger partial charge in [0.2, 0.25) is 0 Å². The summed E-state index contributed by atoms with van der Waals surface area (Å²) < 4.78 is 4.34. The summed E-state index contributed by atoms with van der Waals surface area (Å²) in [5.41, 5.74) is 26.1. The summed E-state index contributed by atoms with van der Waals surface area (Å²) in [6.45, 7) is 18.1. The molecule has 2 aliphatic carbocycles. The van der Waals surface area contributed by atoms with Gasteiger partial charge in [0.25, 0.3) is 0 Å². The van der Waals surface area contributed by atoms with Gasteiger partial charge in [-0.3, -0.25) is 23.5 Å². The molecule has 0 spiro atoms. The van der Waals surface area contributed by atoms with E-state index in [1.807, 2.05) is 55.0 Å². The van der Waals surface area contributed by atoms with Gasteiger partial charge in [-0.1, -0.05) is 118 Å². The van der Waals surface area contributed by atoms with Crippen LogP contribution in [0.1, 0.15) is 75.6 Å². The minimum absolute atomic E-state index is 0.352. The van der Waals surface area contributed by atoms with E-state index in [4.69, 9.17) is 31.4 Å². The average molecular weight is 1100 g/mol. The fourth-order valence-electron chi connectivity index (χ4n) is 13.3. The van der Waals surface area contributed by atoms with Crippen molar-refractivity contribution in [1.29, 1.82) is 0 Å². The second kappa shape index (κ2) is 22.1. The summed E-state index contributed by atoms with van der Waals surface area (Å²) in [6.07, 6.45) is 15.8. The smallest absolute Gasteiger partial charge is 0.150 e. The van der Waals surface area contributed by atoms with E-state index in [1.54, 1.807) is 18.7 Å².